The fourth-order valence-corrected chi connectivity index (χ4v) is 2.11. The molecule has 3 nitrogen and oxygen atoms in total. The highest BCUT2D eigenvalue weighted by Crippen LogP contribution is 2.39. The van der Waals surface area contributed by atoms with E-state index < -0.39 is 3.79 Å². The summed E-state index contributed by atoms with van der Waals surface area (Å²) < 4.78 is 0.181. The Balaban J connectivity index is 2.62. The molecule has 0 atom stereocenters. The van der Waals surface area contributed by atoms with Crippen LogP contribution in [-0.2, 0) is 10.3 Å². The average Bonchev–Trinajstić information content (AvgIpc) is 2.65. The zero-order valence-electron chi connectivity index (χ0n) is 8.70. The van der Waals surface area contributed by atoms with Gasteiger partial charge in [-0.3, -0.25) is 0 Å². The molecule has 0 aliphatic heterocycles. The minimum absolute atomic E-state index is 0.341. The third-order valence-corrected chi connectivity index (χ3v) is 2.86. The SMILES string of the molecule is N#CCCn1c(C(Cl)(Cl)Cl)nc2ccccc21. The van der Waals surface area contributed by atoms with Gasteiger partial charge >= 0.3 is 0 Å². The first-order chi connectivity index (χ1) is 8.04. The van der Waals surface area contributed by atoms with Crippen LogP contribution < -0.4 is 0 Å². The van der Waals surface area contributed by atoms with E-state index in [0.717, 1.165) is 11.0 Å². The molecule has 0 unspecified atom stereocenters. The first-order valence-corrected chi connectivity index (χ1v) is 6.07. The molecule has 0 bridgehead atoms. The number of fused-ring (bicyclic) bond motifs is 1. The number of nitrogens with zero attached hydrogens (tertiary/aromatic N) is 3. The number of aromatic nitrogens is 2. The molecular weight excluding hydrogens is 281 g/mol. The molecule has 0 amide bonds. The van der Waals surface area contributed by atoms with Crippen molar-refractivity contribution in [3.05, 3.63) is 30.1 Å². The third-order valence-electron chi connectivity index (χ3n) is 2.36. The van der Waals surface area contributed by atoms with Crippen molar-refractivity contribution in [2.75, 3.05) is 0 Å². The van der Waals surface area contributed by atoms with Crippen LogP contribution in [0.4, 0.5) is 0 Å². The number of aryl methyl sites for hydroxylation is 1. The second kappa shape index (κ2) is 4.73. The van der Waals surface area contributed by atoms with Gasteiger partial charge in [0.1, 0.15) is 0 Å². The largest absolute Gasteiger partial charge is 0.323 e. The lowest BCUT2D eigenvalue weighted by Crippen LogP contribution is -2.12. The number of hydrogen-bond acceptors (Lipinski definition) is 2. The van der Waals surface area contributed by atoms with Gasteiger partial charge in [-0.15, -0.1) is 0 Å². The van der Waals surface area contributed by atoms with Crippen molar-refractivity contribution in [3.63, 3.8) is 0 Å². The van der Waals surface area contributed by atoms with E-state index in [1.807, 2.05) is 24.3 Å². The van der Waals surface area contributed by atoms with Crippen molar-refractivity contribution in [1.82, 2.24) is 9.55 Å². The molecule has 6 heteroatoms. The summed E-state index contributed by atoms with van der Waals surface area (Å²) in [4.78, 5) is 4.29. The highest BCUT2D eigenvalue weighted by molar-refractivity contribution is 6.66. The van der Waals surface area contributed by atoms with Crippen LogP contribution in [-0.4, -0.2) is 9.55 Å². The monoisotopic (exact) mass is 287 g/mol. The summed E-state index contributed by atoms with van der Waals surface area (Å²) in [5.41, 5.74) is 1.62. The molecular formula is C11H8Cl3N3. The summed E-state index contributed by atoms with van der Waals surface area (Å²) in [6.45, 7) is 0.459. The molecule has 1 heterocycles. The molecule has 0 fully saturated rings. The molecule has 2 aromatic rings. The van der Waals surface area contributed by atoms with Gasteiger partial charge in [-0.25, -0.2) is 4.98 Å². The summed E-state index contributed by atoms with van der Waals surface area (Å²) in [7, 11) is 0. The molecule has 2 rings (SSSR count). The van der Waals surface area contributed by atoms with E-state index in [9.17, 15) is 0 Å². The van der Waals surface area contributed by atoms with E-state index in [0.29, 0.717) is 18.8 Å². The maximum absolute atomic E-state index is 8.65. The van der Waals surface area contributed by atoms with Gasteiger partial charge in [0.15, 0.2) is 5.82 Å². The van der Waals surface area contributed by atoms with E-state index >= 15 is 0 Å². The molecule has 1 aromatic carbocycles. The minimum Gasteiger partial charge on any atom is -0.323 e. The third kappa shape index (κ3) is 2.50. The first kappa shape index (κ1) is 12.5. The molecule has 1 aromatic heterocycles. The number of hydrogen-bond donors (Lipinski definition) is 0. The van der Waals surface area contributed by atoms with E-state index in [1.165, 1.54) is 0 Å². The van der Waals surface area contributed by atoms with E-state index in [4.69, 9.17) is 40.1 Å². The maximum Gasteiger partial charge on any atom is 0.248 e. The van der Waals surface area contributed by atoms with Gasteiger partial charge in [-0.05, 0) is 12.1 Å². The van der Waals surface area contributed by atoms with E-state index in [-0.39, 0.29) is 0 Å². The lowest BCUT2D eigenvalue weighted by molar-refractivity contribution is 0.693. The van der Waals surface area contributed by atoms with Crippen LogP contribution in [0.25, 0.3) is 11.0 Å². The second-order valence-electron chi connectivity index (χ2n) is 3.48. The number of nitriles is 1. The quantitative estimate of drug-likeness (QED) is 0.789. The zero-order chi connectivity index (χ0) is 12.5. The fourth-order valence-electron chi connectivity index (χ4n) is 1.68. The number of imidazole rings is 1. The molecule has 17 heavy (non-hydrogen) atoms. The number of alkyl halides is 3. The molecule has 0 saturated carbocycles. The molecule has 0 spiro atoms. The highest BCUT2D eigenvalue weighted by atomic mass is 35.6. The predicted octanol–water partition coefficient (Wildman–Crippen LogP) is 3.78. The van der Waals surface area contributed by atoms with Crippen molar-refractivity contribution in [2.24, 2.45) is 0 Å². The van der Waals surface area contributed by atoms with Gasteiger partial charge in [0, 0.05) is 6.54 Å². The van der Waals surface area contributed by atoms with Crippen molar-refractivity contribution in [2.45, 2.75) is 16.8 Å². The number of halogens is 3. The van der Waals surface area contributed by atoms with Gasteiger partial charge in [0.2, 0.25) is 3.79 Å². The summed E-state index contributed by atoms with van der Waals surface area (Å²) in [6, 6.07) is 9.56. The van der Waals surface area contributed by atoms with Crippen molar-refractivity contribution < 1.29 is 0 Å². The molecule has 0 saturated heterocycles. The first-order valence-electron chi connectivity index (χ1n) is 4.93. The zero-order valence-corrected chi connectivity index (χ0v) is 11.0. The molecule has 0 aliphatic carbocycles. The fraction of sp³-hybridized carbons (Fsp3) is 0.273. The Morgan fingerprint density at radius 1 is 1.29 bits per heavy atom. The Bertz CT molecular complexity index is 578. The van der Waals surface area contributed by atoms with Crippen LogP contribution in [0.2, 0.25) is 0 Å². The van der Waals surface area contributed by atoms with Crippen molar-refractivity contribution in [3.8, 4) is 6.07 Å². The predicted molar refractivity (Wildman–Crippen MR) is 69.2 cm³/mol. The molecule has 0 aliphatic rings. The molecule has 0 N–H and O–H groups in total. The van der Waals surface area contributed by atoms with Crippen LogP contribution >= 0.6 is 34.8 Å². The number of rotatable bonds is 2. The Morgan fingerprint density at radius 2 is 2.00 bits per heavy atom. The Labute approximate surface area is 114 Å². The van der Waals surface area contributed by atoms with Crippen LogP contribution in [0.3, 0.4) is 0 Å². The van der Waals surface area contributed by atoms with Crippen LogP contribution in [0.5, 0.6) is 0 Å². The standard InChI is InChI=1S/C11H8Cl3N3/c12-11(13,14)10-16-8-4-1-2-5-9(8)17(10)7-3-6-15/h1-2,4-5H,3,7H2. The van der Waals surface area contributed by atoms with Gasteiger partial charge < -0.3 is 4.57 Å². The summed E-state index contributed by atoms with van der Waals surface area (Å²) in [6.07, 6.45) is 0.341. The van der Waals surface area contributed by atoms with Gasteiger partial charge in [-0.2, -0.15) is 5.26 Å². The van der Waals surface area contributed by atoms with E-state index in [1.54, 1.807) is 4.57 Å². The second-order valence-corrected chi connectivity index (χ2v) is 5.76. The van der Waals surface area contributed by atoms with Crippen molar-refractivity contribution in [1.29, 1.82) is 5.26 Å². The average molecular weight is 289 g/mol. The van der Waals surface area contributed by atoms with Crippen LogP contribution in [0.1, 0.15) is 12.2 Å². The van der Waals surface area contributed by atoms with Gasteiger partial charge in [-0.1, -0.05) is 46.9 Å². The summed E-state index contributed by atoms with van der Waals surface area (Å²) in [5, 5.41) is 8.65. The highest BCUT2D eigenvalue weighted by Gasteiger charge is 2.30. The molecule has 0 radical (unpaired) electrons. The lowest BCUT2D eigenvalue weighted by atomic mass is 10.3. The Morgan fingerprint density at radius 3 is 2.65 bits per heavy atom. The number of para-hydroxylation sites is 2. The smallest absolute Gasteiger partial charge is 0.248 e. The van der Waals surface area contributed by atoms with Gasteiger partial charge in [0.05, 0.1) is 23.5 Å². The maximum atomic E-state index is 8.65. The van der Waals surface area contributed by atoms with Gasteiger partial charge in [0.25, 0.3) is 0 Å². The summed E-state index contributed by atoms with van der Waals surface area (Å²) >= 11 is 17.6. The van der Waals surface area contributed by atoms with Crippen LogP contribution in [0.15, 0.2) is 24.3 Å². The Hall–Kier alpha value is -0.950. The Kier molecular flexibility index (Phi) is 3.48. The minimum atomic E-state index is -1.59. The number of benzene rings is 1. The molecule has 88 valence electrons. The van der Waals surface area contributed by atoms with Crippen molar-refractivity contribution >= 4 is 45.8 Å². The lowest BCUT2D eigenvalue weighted by Gasteiger charge is -2.12. The van der Waals surface area contributed by atoms with E-state index in [2.05, 4.69) is 11.1 Å². The normalized spacial score (nSPS) is 11.6. The van der Waals surface area contributed by atoms with Crippen LogP contribution in [0, 0.1) is 11.3 Å². The summed E-state index contributed by atoms with van der Waals surface area (Å²) in [5.74, 6) is 0.346. The topological polar surface area (TPSA) is 41.6 Å².